The third-order valence-electron chi connectivity index (χ3n) is 2.22. The molecule has 0 unspecified atom stereocenters. The van der Waals surface area contributed by atoms with Crippen LogP contribution in [0.4, 0.5) is 0 Å². The number of halogens is 1. The molecule has 19 heavy (non-hydrogen) atoms. The second-order valence-corrected chi connectivity index (χ2v) is 4.00. The molecule has 0 fully saturated rings. The molecule has 0 aromatic rings. The van der Waals surface area contributed by atoms with E-state index in [2.05, 4.69) is 5.32 Å². The Hall–Kier alpha value is -1.29. The minimum Gasteiger partial charge on any atom is -0.383 e. The van der Waals surface area contributed by atoms with Gasteiger partial charge in [-0.2, -0.15) is 5.26 Å². The number of carbonyl (C=O) groups is 1. The number of carbonyl (C=O) groups excluding carboxylic acids is 1. The Morgan fingerprint density at radius 1 is 1.37 bits per heavy atom. The summed E-state index contributed by atoms with van der Waals surface area (Å²) in [7, 11) is 3.19. The van der Waals surface area contributed by atoms with Gasteiger partial charge in [-0.3, -0.25) is 4.79 Å². The lowest BCUT2D eigenvalue weighted by atomic mass is 10.3. The molecule has 0 radical (unpaired) electrons. The molecule has 0 aromatic carbocycles. The van der Waals surface area contributed by atoms with Crippen molar-refractivity contribution in [1.82, 2.24) is 10.2 Å². The summed E-state index contributed by atoms with van der Waals surface area (Å²) in [4.78, 5) is 13.5. The lowest BCUT2D eigenvalue weighted by Crippen LogP contribution is -2.30. The quantitative estimate of drug-likeness (QED) is 0.357. The molecule has 0 saturated heterocycles. The van der Waals surface area contributed by atoms with Gasteiger partial charge in [0.05, 0.1) is 13.2 Å². The fraction of sp³-hybridized carbons (Fsp3) is 0.667. The SMILES string of the molecule is COCCN(/C=C(/C#N)C(=O)NCCCl)CCOC. The van der Waals surface area contributed by atoms with Crippen LogP contribution in [-0.2, 0) is 14.3 Å². The van der Waals surface area contributed by atoms with Gasteiger partial charge in [0.1, 0.15) is 11.6 Å². The fourth-order valence-corrected chi connectivity index (χ4v) is 1.33. The van der Waals surface area contributed by atoms with E-state index >= 15 is 0 Å². The highest BCUT2D eigenvalue weighted by Crippen LogP contribution is 1.99. The van der Waals surface area contributed by atoms with Crippen LogP contribution in [0.5, 0.6) is 0 Å². The summed E-state index contributed by atoms with van der Waals surface area (Å²) >= 11 is 5.48. The van der Waals surface area contributed by atoms with Gasteiger partial charge in [-0.1, -0.05) is 0 Å². The maximum Gasteiger partial charge on any atom is 0.263 e. The van der Waals surface area contributed by atoms with Gasteiger partial charge in [0.25, 0.3) is 5.91 Å². The zero-order chi connectivity index (χ0) is 14.5. The van der Waals surface area contributed by atoms with Crippen molar-refractivity contribution in [3.8, 4) is 6.07 Å². The molecule has 0 atom stereocenters. The van der Waals surface area contributed by atoms with Crippen molar-refractivity contribution in [2.24, 2.45) is 0 Å². The second kappa shape index (κ2) is 11.8. The average Bonchev–Trinajstić information content (AvgIpc) is 2.43. The molecule has 0 saturated carbocycles. The number of hydrogen-bond donors (Lipinski definition) is 1. The van der Waals surface area contributed by atoms with Gasteiger partial charge in [-0.25, -0.2) is 0 Å². The van der Waals surface area contributed by atoms with Crippen LogP contribution in [0.1, 0.15) is 0 Å². The molecule has 0 aliphatic heterocycles. The number of rotatable bonds is 10. The first kappa shape index (κ1) is 17.7. The molecule has 0 aliphatic rings. The van der Waals surface area contributed by atoms with Crippen LogP contribution >= 0.6 is 11.6 Å². The second-order valence-electron chi connectivity index (χ2n) is 3.62. The van der Waals surface area contributed by atoms with Crippen LogP contribution in [0.15, 0.2) is 11.8 Å². The van der Waals surface area contributed by atoms with Crippen LogP contribution < -0.4 is 5.32 Å². The highest BCUT2D eigenvalue weighted by atomic mass is 35.5. The van der Waals surface area contributed by atoms with Gasteiger partial charge < -0.3 is 19.7 Å². The molecule has 0 bridgehead atoms. The van der Waals surface area contributed by atoms with Gasteiger partial charge >= 0.3 is 0 Å². The average molecular weight is 290 g/mol. The smallest absolute Gasteiger partial charge is 0.263 e. The number of hydrogen-bond acceptors (Lipinski definition) is 5. The van der Waals surface area contributed by atoms with E-state index in [0.29, 0.717) is 38.7 Å². The van der Waals surface area contributed by atoms with Gasteiger partial charge in [0, 0.05) is 45.9 Å². The molecule has 7 heteroatoms. The lowest BCUT2D eigenvalue weighted by Gasteiger charge is -2.20. The van der Waals surface area contributed by atoms with Crippen LogP contribution in [0, 0.1) is 11.3 Å². The molecular formula is C12H20ClN3O3. The molecule has 0 heterocycles. The van der Waals surface area contributed by atoms with E-state index in [1.165, 1.54) is 6.20 Å². The van der Waals surface area contributed by atoms with Crippen molar-refractivity contribution >= 4 is 17.5 Å². The zero-order valence-corrected chi connectivity index (χ0v) is 12.1. The van der Waals surface area contributed by atoms with E-state index in [1.807, 2.05) is 11.0 Å². The van der Waals surface area contributed by atoms with E-state index in [0.717, 1.165) is 0 Å². The van der Waals surface area contributed by atoms with Crippen LogP contribution in [0.25, 0.3) is 0 Å². The largest absolute Gasteiger partial charge is 0.383 e. The van der Waals surface area contributed by atoms with E-state index < -0.39 is 5.91 Å². The Kier molecular flexibility index (Phi) is 11.0. The number of alkyl halides is 1. The number of nitrogens with zero attached hydrogens (tertiary/aromatic N) is 2. The maximum atomic E-state index is 11.7. The first-order valence-electron chi connectivity index (χ1n) is 5.87. The van der Waals surface area contributed by atoms with Crippen molar-refractivity contribution in [3.05, 3.63) is 11.8 Å². The number of nitrogens with one attached hydrogen (secondary N) is 1. The molecule has 6 nitrogen and oxygen atoms in total. The monoisotopic (exact) mass is 289 g/mol. The Labute approximate surface area is 118 Å². The summed E-state index contributed by atoms with van der Waals surface area (Å²) in [5, 5.41) is 11.5. The summed E-state index contributed by atoms with van der Waals surface area (Å²) in [6.07, 6.45) is 1.52. The van der Waals surface area contributed by atoms with Crippen molar-refractivity contribution in [2.75, 3.05) is 52.9 Å². The summed E-state index contributed by atoms with van der Waals surface area (Å²) in [5.41, 5.74) is 0.0392. The third-order valence-corrected chi connectivity index (χ3v) is 2.41. The Morgan fingerprint density at radius 2 is 1.95 bits per heavy atom. The number of ether oxygens (including phenoxy) is 2. The molecule has 0 aliphatic carbocycles. The van der Waals surface area contributed by atoms with Gasteiger partial charge in [-0.05, 0) is 0 Å². The molecule has 1 amide bonds. The molecule has 108 valence electrons. The minimum absolute atomic E-state index is 0.0392. The number of amides is 1. The molecular weight excluding hydrogens is 270 g/mol. The first-order chi connectivity index (χ1) is 9.19. The normalized spacial score (nSPS) is 10.9. The fourth-order valence-electron chi connectivity index (χ4n) is 1.23. The summed E-state index contributed by atoms with van der Waals surface area (Å²) in [6.45, 7) is 2.49. The van der Waals surface area contributed by atoms with Crippen LogP contribution in [0.3, 0.4) is 0 Å². The Bertz CT molecular complexity index is 321. The highest BCUT2D eigenvalue weighted by molar-refractivity contribution is 6.18. The van der Waals surface area contributed by atoms with Crippen molar-refractivity contribution in [3.63, 3.8) is 0 Å². The number of nitriles is 1. The van der Waals surface area contributed by atoms with Crippen LogP contribution in [-0.4, -0.2) is 63.8 Å². The predicted octanol–water partition coefficient (Wildman–Crippen LogP) is 0.344. The molecule has 0 aromatic heterocycles. The van der Waals surface area contributed by atoms with E-state index in [4.69, 9.17) is 26.3 Å². The van der Waals surface area contributed by atoms with E-state index in [1.54, 1.807) is 14.2 Å². The Balaban J connectivity index is 4.63. The van der Waals surface area contributed by atoms with Gasteiger partial charge in [0.15, 0.2) is 0 Å². The van der Waals surface area contributed by atoms with Crippen LogP contribution in [0.2, 0.25) is 0 Å². The predicted molar refractivity (Wildman–Crippen MR) is 72.8 cm³/mol. The molecule has 0 rings (SSSR count). The lowest BCUT2D eigenvalue weighted by molar-refractivity contribution is -0.117. The van der Waals surface area contributed by atoms with Crippen molar-refractivity contribution in [1.29, 1.82) is 5.26 Å². The van der Waals surface area contributed by atoms with E-state index in [9.17, 15) is 4.79 Å². The molecule has 0 spiro atoms. The van der Waals surface area contributed by atoms with Gasteiger partial charge in [-0.15, -0.1) is 11.6 Å². The summed E-state index contributed by atoms with van der Waals surface area (Å²) in [5.74, 6) is -0.121. The maximum absolute atomic E-state index is 11.7. The minimum atomic E-state index is -0.428. The van der Waals surface area contributed by atoms with E-state index in [-0.39, 0.29) is 5.57 Å². The Morgan fingerprint density at radius 3 is 2.37 bits per heavy atom. The number of methoxy groups -OCH3 is 2. The highest BCUT2D eigenvalue weighted by Gasteiger charge is 2.10. The van der Waals surface area contributed by atoms with Gasteiger partial charge in [0.2, 0.25) is 0 Å². The first-order valence-corrected chi connectivity index (χ1v) is 6.41. The summed E-state index contributed by atoms with van der Waals surface area (Å²) < 4.78 is 9.96. The topological polar surface area (TPSA) is 74.6 Å². The van der Waals surface area contributed by atoms with Crippen molar-refractivity contribution < 1.29 is 14.3 Å². The standard InChI is InChI=1S/C12H20ClN3O3/c1-18-7-5-16(6-8-19-2)10-11(9-14)12(17)15-4-3-13/h10H,3-8H2,1-2H3,(H,15,17)/b11-10-. The van der Waals surface area contributed by atoms with Crippen molar-refractivity contribution in [2.45, 2.75) is 0 Å². The third kappa shape index (κ3) is 8.43. The zero-order valence-electron chi connectivity index (χ0n) is 11.3. The molecule has 1 N–H and O–H groups in total. The summed E-state index contributed by atoms with van der Waals surface area (Å²) in [6, 6.07) is 1.88.